The molecule has 0 aliphatic rings. The van der Waals surface area contributed by atoms with Crippen molar-refractivity contribution in [2.75, 3.05) is 6.35 Å². The topological polar surface area (TPSA) is 156 Å². The van der Waals surface area contributed by atoms with Crippen LogP contribution in [-0.4, -0.2) is 38.4 Å². The van der Waals surface area contributed by atoms with Crippen LogP contribution in [0, 0.1) is 5.41 Å². The van der Waals surface area contributed by atoms with E-state index in [1.54, 1.807) is 0 Å². The number of nitrogens with zero attached hydrogens (tertiary/aromatic N) is 1. The molecule has 9 nitrogen and oxygen atoms in total. The number of hydrogen-bond acceptors (Lipinski definition) is 6. The lowest BCUT2D eigenvalue weighted by Crippen LogP contribution is -2.32. The van der Waals surface area contributed by atoms with Crippen molar-refractivity contribution in [1.82, 2.24) is 5.16 Å². The van der Waals surface area contributed by atoms with Gasteiger partial charge in [-0.15, -0.1) is 0 Å². The molecule has 10 heteroatoms. The molecular formula is C12H21N2O7P. The maximum absolute atomic E-state index is 10.9. The number of rotatable bonds is 7. The molecule has 0 spiro atoms. The first kappa shape index (κ1) is 18.6. The summed E-state index contributed by atoms with van der Waals surface area (Å²) in [7, 11) is -4.39. The number of carbonyl (C=O) groups is 1. The van der Waals surface area contributed by atoms with E-state index in [4.69, 9.17) is 29.9 Å². The minimum absolute atomic E-state index is 0.110. The Balaban J connectivity index is 3.05. The second kappa shape index (κ2) is 6.78. The van der Waals surface area contributed by atoms with E-state index in [0.717, 1.165) is 0 Å². The molecule has 0 radical (unpaired) electrons. The first-order chi connectivity index (χ1) is 9.89. The second-order valence-corrected chi connectivity index (χ2v) is 7.80. The highest BCUT2D eigenvalue weighted by molar-refractivity contribution is 7.51. The van der Waals surface area contributed by atoms with Crippen LogP contribution in [0.25, 0.3) is 0 Å². The minimum atomic E-state index is -4.39. The summed E-state index contributed by atoms with van der Waals surface area (Å²) in [6.45, 7) is 5.85. The largest absolute Gasteiger partial charge is 0.480 e. The van der Waals surface area contributed by atoms with Crippen LogP contribution in [0.1, 0.15) is 32.1 Å². The Morgan fingerprint density at radius 2 is 2.05 bits per heavy atom. The van der Waals surface area contributed by atoms with E-state index in [-0.39, 0.29) is 17.7 Å². The number of aromatic nitrogens is 1. The smallest absolute Gasteiger partial charge is 0.362 e. The highest BCUT2D eigenvalue weighted by Gasteiger charge is 2.27. The zero-order chi connectivity index (χ0) is 17.1. The summed E-state index contributed by atoms with van der Waals surface area (Å²) in [5, 5.41) is 12.5. The van der Waals surface area contributed by atoms with Crippen LogP contribution >= 0.6 is 7.60 Å². The Hall–Kier alpha value is -1.41. The normalized spacial score (nSPS) is 13.9. The van der Waals surface area contributed by atoms with Gasteiger partial charge in [-0.1, -0.05) is 20.8 Å². The number of hydrogen-bond donors (Lipinski definition) is 4. The molecule has 22 heavy (non-hydrogen) atoms. The molecule has 0 aliphatic carbocycles. The summed E-state index contributed by atoms with van der Waals surface area (Å²) < 4.78 is 21.0. The molecule has 1 heterocycles. The zero-order valence-corrected chi connectivity index (χ0v) is 13.5. The third-order valence-electron chi connectivity index (χ3n) is 2.64. The van der Waals surface area contributed by atoms with Gasteiger partial charge in [-0.25, -0.2) is 0 Å². The molecule has 0 fully saturated rings. The number of carboxylic acids is 1. The average molecular weight is 336 g/mol. The van der Waals surface area contributed by atoms with E-state index in [2.05, 4.69) is 5.16 Å². The van der Waals surface area contributed by atoms with Crippen molar-refractivity contribution >= 4 is 13.6 Å². The fourth-order valence-corrected chi connectivity index (χ4v) is 2.00. The quantitative estimate of drug-likeness (QED) is 0.527. The predicted octanol–water partition coefficient (Wildman–Crippen LogP) is 0.732. The van der Waals surface area contributed by atoms with E-state index in [9.17, 15) is 9.36 Å². The molecule has 0 amide bonds. The van der Waals surface area contributed by atoms with Gasteiger partial charge >= 0.3 is 13.6 Å². The average Bonchev–Trinajstić information content (AvgIpc) is 2.66. The van der Waals surface area contributed by atoms with Gasteiger partial charge < -0.3 is 29.9 Å². The fraction of sp³-hybridized carbons (Fsp3) is 0.667. The molecular weight excluding hydrogens is 315 g/mol. The van der Waals surface area contributed by atoms with E-state index in [1.807, 2.05) is 20.8 Å². The predicted molar refractivity (Wildman–Crippen MR) is 76.5 cm³/mol. The first-order valence-electron chi connectivity index (χ1n) is 6.52. The van der Waals surface area contributed by atoms with E-state index < -0.39 is 26.0 Å². The Bertz CT molecular complexity index is 573. The zero-order valence-electron chi connectivity index (χ0n) is 12.6. The third kappa shape index (κ3) is 6.15. The van der Waals surface area contributed by atoms with Crippen LogP contribution in [0.4, 0.5) is 0 Å². The van der Waals surface area contributed by atoms with Gasteiger partial charge in [0.25, 0.3) is 5.88 Å². The van der Waals surface area contributed by atoms with E-state index >= 15 is 0 Å². The second-order valence-electron chi connectivity index (χ2n) is 6.21. The van der Waals surface area contributed by atoms with Crippen molar-refractivity contribution < 1.29 is 33.5 Å². The van der Waals surface area contributed by atoms with Gasteiger partial charge in [0.1, 0.15) is 11.8 Å². The van der Waals surface area contributed by atoms with Crippen LogP contribution in [0.15, 0.2) is 4.52 Å². The van der Waals surface area contributed by atoms with Crippen LogP contribution in [0.5, 0.6) is 5.88 Å². The SMILES string of the molecule is CC(C)(C)Cc1onc(OCP(=O)(O)O)c1C[C@H](N)C(=O)O. The molecule has 5 N–H and O–H groups in total. The summed E-state index contributed by atoms with van der Waals surface area (Å²) in [5.41, 5.74) is 5.67. The van der Waals surface area contributed by atoms with Crippen molar-refractivity contribution in [3.05, 3.63) is 11.3 Å². The van der Waals surface area contributed by atoms with Crippen molar-refractivity contribution in [3.63, 3.8) is 0 Å². The molecule has 0 saturated carbocycles. The number of aliphatic carboxylic acids is 1. The Morgan fingerprint density at radius 1 is 1.45 bits per heavy atom. The van der Waals surface area contributed by atoms with Crippen molar-refractivity contribution in [1.29, 1.82) is 0 Å². The Morgan fingerprint density at radius 3 is 2.50 bits per heavy atom. The van der Waals surface area contributed by atoms with Crippen LogP contribution in [0.2, 0.25) is 0 Å². The third-order valence-corrected chi connectivity index (χ3v) is 3.10. The summed E-state index contributed by atoms with van der Waals surface area (Å²) in [5.74, 6) is -0.951. The minimum Gasteiger partial charge on any atom is -0.480 e. The molecule has 1 aromatic heterocycles. The van der Waals surface area contributed by atoms with Crippen LogP contribution < -0.4 is 10.5 Å². The molecule has 1 aromatic rings. The van der Waals surface area contributed by atoms with Crippen molar-refractivity contribution in [3.8, 4) is 5.88 Å². The summed E-state index contributed by atoms with van der Waals surface area (Å²) in [6.07, 6.45) is -0.536. The Kier molecular flexibility index (Phi) is 5.75. The van der Waals surface area contributed by atoms with Gasteiger partial charge in [-0.2, -0.15) is 0 Å². The lowest BCUT2D eigenvalue weighted by molar-refractivity contribution is -0.138. The number of nitrogens with two attached hydrogens (primary N) is 1. The maximum atomic E-state index is 10.9. The van der Waals surface area contributed by atoms with E-state index in [1.165, 1.54) is 0 Å². The van der Waals surface area contributed by atoms with Gasteiger partial charge in [0.2, 0.25) is 0 Å². The lowest BCUT2D eigenvalue weighted by atomic mass is 9.89. The molecule has 0 aliphatic heterocycles. The standard InChI is InChI=1S/C12H21N2O7P/c1-12(2,3)5-9-7(4-8(13)11(15)16)10(14-21-9)20-6-22(17,18)19/h8H,4-6,13H2,1-3H3,(H,15,16)(H2,17,18,19)/t8-/m0/s1. The highest BCUT2D eigenvalue weighted by atomic mass is 31.2. The van der Waals surface area contributed by atoms with Gasteiger partial charge in [-0.05, 0) is 10.6 Å². The molecule has 0 unspecified atom stereocenters. The van der Waals surface area contributed by atoms with Crippen molar-refractivity contribution in [2.24, 2.45) is 11.1 Å². The van der Waals surface area contributed by atoms with Crippen molar-refractivity contribution in [2.45, 2.75) is 39.7 Å². The highest BCUT2D eigenvalue weighted by Crippen LogP contribution is 2.36. The summed E-state index contributed by atoms with van der Waals surface area (Å²) in [6, 6.07) is -1.20. The number of ether oxygens (including phenoxy) is 1. The molecule has 126 valence electrons. The van der Waals surface area contributed by atoms with Gasteiger partial charge in [-0.3, -0.25) is 9.36 Å². The monoisotopic (exact) mass is 336 g/mol. The summed E-state index contributed by atoms with van der Waals surface area (Å²) in [4.78, 5) is 28.6. The summed E-state index contributed by atoms with van der Waals surface area (Å²) >= 11 is 0. The molecule has 0 aromatic carbocycles. The van der Waals surface area contributed by atoms with Gasteiger partial charge in [0, 0.05) is 12.8 Å². The van der Waals surface area contributed by atoms with Crippen LogP contribution in [0.3, 0.4) is 0 Å². The lowest BCUT2D eigenvalue weighted by Gasteiger charge is -2.17. The van der Waals surface area contributed by atoms with Gasteiger partial charge in [0.15, 0.2) is 6.35 Å². The van der Waals surface area contributed by atoms with E-state index in [0.29, 0.717) is 17.7 Å². The van der Waals surface area contributed by atoms with Gasteiger partial charge in [0.05, 0.1) is 5.56 Å². The molecule has 1 rings (SSSR count). The molecule has 1 atom stereocenters. The number of carboxylic acid groups (broad SMARTS) is 1. The first-order valence-corrected chi connectivity index (χ1v) is 8.32. The maximum Gasteiger partial charge on any atom is 0.362 e. The fourth-order valence-electron chi connectivity index (χ4n) is 1.71. The Labute approximate surface area is 127 Å². The molecule has 0 bridgehead atoms. The molecule has 0 saturated heterocycles. The van der Waals surface area contributed by atoms with Crippen LogP contribution in [-0.2, 0) is 22.2 Å².